The minimum absolute atomic E-state index is 0.00744. The monoisotopic (exact) mass is 282 g/mol. The zero-order valence-corrected chi connectivity index (χ0v) is 10.8. The zero-order chi connectivity index (χ0) is 15.0. The Labute approximate surface area is 118 Å². The van der Waals surface area contributed by atoms with Crippen molar-refractivity contribution in [2.75, 3.05) is 0 Å². The number of nitro groups is 1. The Morgan fingerprint density at radius 1 is 1.19 bits per heavy atom. The Morgan fingerprint density at radius 2 is 1.90 bits per heavy atom. The summed E-state index contributed by atoms with van der Waals surface area (Å²) in [7, 11) is 0. The minimum Gasteiger partial charge on any atom is -0.366 e. The normalized spacial score (nSPS) is 10.7. The first kappa shape index (κ1) is 12.8. The van der Waals surface area contributed by atoms with Gasteiger partial charge in [-0.2, -0.15) is 5.10 Å². The summed E-state index contributed by atoms with van der Waals surface area (Å²) in [6.07, 6.45) is 1.65. The Kier molecular flexibility index (Phi) is 2.87. The van der Waals surface area contributed by atoms with E-state index in [-0.39, 0.29) is 5.69 Å². The number of primary amides is 1. The van der Waals surface area contributed by atoms with Crippen molar-refractivity contribution in [3.05, 3.63) is 64.3 Å². The lowest BCUT2D eigenvalue weighted by Crippen LogP contribution is -2.10. The van der Waals surface area contributed by atoms with E-state index in [2.05, 4.69) is 5.10 Å². The van der Waals surface area contributed by atoms with Crippen molar-refractivity contribution >= 4 is 22.5 Å². The van der Waals surface area contributed by atoms with E-state index in [4.69, 9.17) is 5.73 Å². The molecule has 0 bridgehead atoms. The topological polar surface area (TPSA) is 104 Å². The van der Waals surface area contributed by atoms with Gasteiger partial charge in [0.25, 0.3) is 5.69 Å². The fourth-order valence-corrected chi connectivity index (χ4v) is 2.09. The van der Waals surface area contributed by atoms with E-state index in [0.717, 1.165) is 5.39 Å². The molecule has 0 radical (unpaired) electrons. The predicted octanol–water partition coefficient (Wildman–Crippen LogP) is 2.03. The lowest BCUT2D eigenvalue weighted by atomic mass is 10.1. The fraction of sp³-hybridized carbons (Fsp3) is 0. The van der Waals surface area contributed by atoms with Crippen LogP contribution in [0.2, 0.25) is 0 Å². The SMILES string of the molecule is NC(=O)c1ccc2cnn(-c3ccc([N+](=O)[O-])cc3)c2c1. The van der Waals surface area contributed by atoms with E-state index in [1.54, 1.807) is 41.2 Å². The van der Waals surface area contributed by atoms with Crippen LogP contribution in [-0.4, -0.2) is 20.6 Å². The molecule has 0 aliphatic heterocycles. The highest BCUT2D eigenvalue weighted by Gasteiger charge is 2.10. The summed E-state index contributed by atoms with van der Waals surface area (Å²) in [6.45, 7) is 0. The second-order valence-corrected chi connectivity index (χ2v) is 4.47. The van der Waals surface area contributed by atoms with E-state index in [1.807, 2.05) is 0 Å². The number of nitrogens with two attached hydrogens (primary N) is 1. The maximum absolute atomic E-state index is 11.3. The summed E-state index contributed by atoms with van der Waals surface area (Å²) in [4.78, 5) is 21.5. The van der Waals surface area contributed by atoms with Crippen LogP contribution in [0.25, 0.3) is 16.6 Å². The molecule has 21 heavy (non-hydrogen) atoms. The number of aromatic nitrogens is 2. The van der Waals surface area contributed by atoms with Gasteiger partial charge >= 0.3 is 0 Å². The standard InChI is InChI=1S/C14H10N4O3/c15-14(19)9-1-2-10-8-16-17(13(10)7-9)11-3-5-12(6-4-11)18(20)21/h1-8H,(H2,15,19). The van der Waals surface area contributed by atoms with Crippen molar-refractivity contribution in [1.29, 1.82) is 0 Å². The maximum Gasteiger partial charge on any atom is 0.269 e. The third kappa shape index (κ3) is 2.20. The number of amides is 1. The molecule has 7 nitrogen and oxygen atoms in total. The minimum atomic E-state index is -0.520. The van der Waals surface area contributed by atoms with Gasteiger partial charge in [-0.3, -0.25) is 14.9 Å². The lowest BCUT2D eigenvalue weighted by molar-refractivity contribution is -0.384. The molecule has 1 aromatic heterocycles. The van der Waals surface area contributed by atoms with Gasteiger partial charge in [0.15, 0.2) is 0 Å². The van der Waals surface area contributed by atoms with Crippen LogP contribution in [0.4, 0.5) is 5.69 Å². The first-order valence-electron chi connectivity index (χ1n) is 6.09. The average Bonchev–Trinajstić information content (AvgIpc) is 2.90. The molecular formula is C14H10N4O3. The number of hydrogen-bond acceptors (Lipinski definition) is 4. The molecule has 0 fully saturated rings. The molecule has 3 aromatic rings. The first-order valence-corrected chi connectivity index (χ1v) is 6.09. The molecule has 0 saturated carbocycles. The molecule has 1 heterocycles. The van der Waals surface area contributed by atoms with Crippen LogP contribution in [0.5, 0.6) is 0 Å². The summed E-state index contributed by atoms with van der Waals surface area (Å²) in [5.74, 6) is -0.520. The van der Waals surface area contributed by atoms with Crippen molar-refractivity contribution in [2.45, 2.75) is 0 Å². The summed E-state index contributed by atoms with van der Waals surface area (Å²) in [6, 6.07) is 11.0. The number of carbonyl (C=O) groups is 1. The van der Waals surface area contributed by atoms with Gasteiger partial charge in [0, 0.05) is 23.1 Å². The highest BCUT2D eigenvalue weighted by atomic mass is 16.6. The van der Waals surface area contributed by atoms with Gasteiger partial charge in [-0.25, -0.2) is 4.68 Å². The molecule has 0 unspecified atom stereocenters. The highest BCUT2D eigenvalue weighted by Crippen LogP contribution is 2.21. The first-order chi connectivity index (χ1) is 10.1. The number of carbonyl (C=O) groups excluding carboxylic acids is 1. The van der Waals surface area contributed by atoms with Crippen LogP contribution in [0.15, 0.2) is 48.7 Å². The number of non-ortho nitro benzene ring substituents is 1. The van der Waals surface area contributed by atoms with Gasteiger partial charge in [-0.1, -0.05) is 6.07 Å². The summed E-state index contributed by atoms with van der Waals surface area (Å²) in [5, 5.41) is 15.7. The lowest BCUT2D eigenvalue weighted by Gasteiger charge is -2.04. The summed E-state index contributed by atoms with van der Waals surface area (Å²) < 4.78 is 1.60. The van der Waals surface area contributed by atoms with Gasteiger partial charge in [0.2, 0.25) is 5.91 Å². The van der Waals surface area contributed by atoms with E-state index in [1.165, 1.54) is 12.1 Å². The van der Waals surface area contributed by atoms with Gasteiger partial charge in [-0.05, 0) is 24.3 Å². The molecule has 1 amide bonds. The van der Waals surface area contributed by atoms with Crippen molar-refractivity contribution in [3.63, 3.8) is 0 Å². The van der Waals surface area contributed by atoms with Crippen LogP contribution >= 0.6 is 0 Å². The molecule has 104 valence electrons. The van der Waals surface area contributed by atoms with Crippen LogP contribution < -0.4 is 5.73 Å². The number of nitro benzene ring substituents is 1. The van der Waals surface area contributed by atoms with Crippen molar-refractivity contribution in [3.8, 4) is 5.69 Å². The zero-order valence-electron chi connectivity index (χ0n) is 10.8. The van der Waals surface area contributed by atoms with Crippen LogP contribution in [0, 0.1) is 10.1 Å². The Balaban J connectivity index is 2.13. The third-order valence-electron chi connectivity index (χ3n) is 3.16. The average molecular weight is 282 g/mol. The number of benzene rings is 2. The van der Waals surface area contributed by atoms with E-state index in [0.29, 0.717) is 16.8 Å². The number of rotatable bonds is 3. The number of fused-ring (bicyclic) bond motifs is 1. The molecular weight excluding hydrogens is 272 g/mol. The van der Waals surface area contributed by atoms with Crippen LogP contribution in [0.3, 0.4) is 0 Å². The van der Waals surface area contributed by atoms with Crippen molar-refractivity contribution in [1.82, 2.24) is 9.78 Å². The number of hydrogen-bond donors (Lipinski definition) is 1. The van der Waals surface area contributed by atoms with E-state index in [9.17, 15) is 14.9 Å². The van der Waals surface area contributed by atoms with Gasteiger partial charge in [-0.15, -0.1) is 0 Å². The van der Waals surface area contributed by atoms with Crippen LogP contribution in [0.1, 0.15) is 10.4 Å². The molecule has 2 N–H and O–H groups in total. The van der Waals surface area contributed by atoms with Gasteiger partial charge in [0.05, 0.1) is 22.3 Å². The number of nitrogens with zero attached hydrogens (tertiary/aromatic N) is 3. The van der Waals surface area contributed by atoms with Crippen molar-refractivity contribution in [2.24, 2.45) is 5.73 Å². The fourth-order valence-electron chi connectivity index (χ4n) is 2.09. The second kappa shape index (κ2) is 4.71. The molecule has 0 aliphatic rings. The molecule has 0 spiro atoms. The molecule has 3 rings (SSSR count). The van der Waals surface area contributed by atoms with Crippen molar-refractivity contribution < 1.29 is 9.72 Å². The Hall–Kier alpha value is -3.22. The van der Waals surface area contributed by atoms with E-state index >= 15 is 0 Å². The molecule has 7 heteroatoms. The van der Waals surface area contributed by atoms with Gasteiger partial charge in [0.1, 0.15) is 0 Å². The largest absolute Gasteiger partial charge is 0.366 e. The summed E-state index contributed by atoms with van der Waals surface area (Å²) in [5.41, 5.74) is 7.03. The Bertz CT molecular complexity index is 852. The smallest absolute Gasteiger partial charge is 0.269 e. The molecule has 0 saturated heterocycles. The molecule has 0 atom stereocenters. The highest BCUT2D eigenvalue weighted by molar-refractivity contribution is 5.97. The Morgan fingerprint density at radius 3 is 2.52 bits per heavy atom. The molecule has 2 aromatic carbocycles. The third-order valence-corrected chi connectivity index (χ3v) is 3.16. The van der Waals surface area contributed by atoms with Gasteiger partial charge < -0.3 is 5.73 Å². The summed E-state index contributed by atoms with van der Waals surface area (Å²) >= 11 is 0. The van der Waals surface area contributed by atoms with E-state index < -0.39 is 10.8 Å². The quantitative estimate of drug-likeness (QED) is 0.586. The predicted molar refractivity (Wildman–Crippen MR) is 76.2 cm³/mol. The maximum atomic E-state index is 11.3. The second-order valence-electron chi connectivity index (χ2n) is 4.47. The van der Waals surface area contributed by atoms with Crippen LogP contribution in [-0.2, 0) is 0 Å². The molecule has 0 aliphatic carbocycles.